The lowest BCUT2D eigenvalue weighted by atomic mass is 10.2. The van der Waals surface area contributed by atoms with Gasteiger partial charge in [0.15, 0.2) is 0 Å². The van der Waals surface area contributed by atoms with E-state index in [1.165, 1.54) is 14.2 Å². The molecule has 1 aliphatic rings. The number of ether oxygens (including phenoxy) is 3. The second kappa shape index (κ2) is 11.5. The lowest BCUT2D eigenvalue weighted by Crippen LogP contribution is -2.42. The van der Waals surface area contributed by atoms with Crippen LogP contribution < -0.4 is 20.1 Å². The van der Waals surface area contributed by atoms with Crippen LogP contribution in [0.5, 0.6) is 11.5 Å². The Balaban J connectivity index is 1.82. The van der Waals surface area contributed by atoms with Crippen molar-refractivity contribution in [2.45, 2.75) is 18.9 Å². The fraction of sp³-hybridized carbons (Fsp3) is 0.579. The third kappa shape index (κ3) is 6.99. The molecule has 1 heterocycles. The summed E-state index contributed by atoms with van der Waals surface area (Å²) in [5.41, 5.74) is 0.434. The highest BCUT2D eigenvalue weighted by molar-refractivity contribution is 5.95. The predicted octanol–water partition coefficient (Wildman–Crippen LogP) is 0.798. The maximum Gasteiger partial charge on any atom is 0.321 e. The molecular formula is C19H29N3O6. The summed E-state index contributed by atoms with van der Waals surface area (Å²) in [6.07, 6.45) is 0.613. The van der Waals surface area contributed by atoms with Crippen LogP contribution >= 0.6 is 0 Å². The van der Waals surface area contributed by atoms with Crippen molar-refractivity contribution in [2.75, 3.05) is 58.9 Å². The predicted molar refractivity (Wildman–Crippen MR) is 104 cm³/mol. The molecule has 28 heavy (non-hydrogen) atoms. The molecule has 1 aliphatic heterocycles. The van der Waals surface area contributed by atoms with Gasteiger partial charge in [0.05, 0.1) is 39.5 Å². The number of carbonyl (C=O) groups is 2. The van der Waals surface area contributed by atoms with E-state index in [0.29, 0.717) is 23.7 Å². The molecule has 1 atom stereocenters. The van der Waals surface area contributed by atoms with Gasteiger partial charge in [-0.3, -0.25) is 14.5 Å². The molecule has 0 saturated carbocycles. The summed E-state index contributed by atoms with van der Waals surface area (Å²) in [7, 11) is 3.02. The molecule has 9 nitrogen and oxygen atoms in total. The number of anilines is 1. The van der Waals surface area contributed by atoms with Crippen LogP contribution in [0, 0.1) is 0 Å². The molecule has 0 spiro atoms. The number of methoxy groups -OCH3 is 2. The summed E-state index contributed by atoms with van der Waals surface area (Å²) in [6, 6.07) is 4.06. The molecule has 1 aromatic carbocycles. The number of nitrogens with one attached hydrogen (secondary N) is 2. The van der Waals surface area contributed by atoms with E-state index >= 15 is 0 Å². The van der Waals surface area contributed by atoms with Crippen molar-refractivity contribution in [1.82, 2.24) is 10.2 Å². The van der Waals surface area contributed by atoms with E-state index in [-0.39, 0.29) is 6.42 Å². The molecule has 9 heteroatoms. The first kappa shape index (κ1) is 21.9. The van der Waals surface area contributed by atoms with Crippen molar-refractivity contribution < 1.29 is 28.9 Å². The summed E-state index contributed by atoms with van der Waals surface area (Å²) in [6.45, 7) is 4.65. The van der Waals surface area contributed by atoms with Crippen LogP contribution in [0.4, 0.5) is 5.69 Å². The second-order valence-corrected chi connectivity index (χ2v) is 6.47. The molecule has 0 radical (unpaired) electrons. The van der Waals surface area contributed by atoms with Crippen molar-refractivity contribution in [3.8, 4) is 11.5 Å². The fourth-order valence-corrected chi connectivity index (χ4v) is 2.95. The van der Waals surface area contributed by atoms with E-state index in [9.17, 15) is 14.7 Å². The zero-order valence-corrected chi connectivity index (χ0v) is 16.4. The SMILES string of the molecule is COc1ccc(OC)c(NC(=O)CC(NCCCN2CCOCC2)C(=O)O)c1. The molecule has 1 amide bonds. The largest absolute Gasteiger partial charge is 0.497 e. The van der Waals surface area contributed by atoms with Crippen LogP contribution in [0.15, 0.2) is 18.2 Å². The number of benzene rings is 1. The van der Waals surface area contributed by atoms with Crippen molar-refractivity contribution in [3.63, 3.8) is 0 Å². The number of hydrogen-bond donors (Lipinski definition) is 3. The van der Waals surface area contributed by atoms with Gasteiger partial charge in [-0.15, -0.1) is 0 Å². The molecule has 2 rings (SSSR count). The molecule has 3 N–H and O–H groups in total. The van der Waals surface area contributed by atoms with Gasteiger partial charge >= 0.3 is 5.97 Å². The Hall–Kier alpha value is -2.36. The van der Waals surface area contributed by atoms with Crippen LogP contribution in [0.25, 0.3) is 0 Å². The number of aliphatic carboxylic acids is 1. The number of rotatable bonds is 11. The summed E-state index contributed by atoms with van der Waals surface area (Å²) in [5, 5.41) is 15.1. The van der Waals surface area contributed by atoms with Crippen LogP contribution in [0.3, 0.4) is 0 Å². The zero-order valence-electron chi connectivity index (χ0n) is 16.4. The highest BCUT2D eigenvalue weighted by atomic mass is 16.5. The minimum atomic E-state index is -1.06. The van der Waals surface area contributed by atoms with Crippen molar-refractivity contribution >= 4 is 17.6 Å². The first-order valence-corrected chi connectivity index (χ1v) is 9.31. The van der Waals surface area contributed by atoms with E-state index in [1.54, 1.807) is 18.2 Å². The zero-order chi connectivity index (χ0) is 20.4. The van der Waals surface area contributed by atoms with Gasteiger partial charge in [0.2, 0.25) is 5.91 Å². The summed E-state index contributed by atoms with van der Waals surface area (Å²) < 4.78 is 15.7. The number of amides is 1. The Morgan fingerprint density at radius 1 is 1.25 bits per heavy atom. The normalized spacial score (nSPS) is 15.6. The summed E-state index contributed by atoms with van der Waals surface area (Å²) >= 11 is 0. The van der Waals surface area contributed by atoms with Gasteiger partial charge < -0.3 is 30.0 Å². The summed E-state index contributed by atoms with van der Waals surface area (Å²) in [4.78, 5) is 26.1. The Morgan fingerprint density at radius 3 is 2.64 bits per heavy atom. The van der Waals surface area contributed by atoms with Crippen molar-refractivity contribution in [1.29, 1.82) is 0 Å². The Bertz CT molecular complexity index is 649. The number of hydrogen-bond acceptors (Lipinski definition) is 7. The van der Waals surface area contributed by atoms with Crippen molar-refractivity contribution in [2.24, 2.45) is 0 Å². The van der Waals surface area contributed by atoms with Gasteiger partial charge in [-0.2, -0.15) is 0 Å². The average molecular weight is 395 g/mol. The molecule has 1 saturated heterocycles. The lowest BCUT2D eigenvalue weighted by Gasteiger charge is -2.26. The fourth-order valence-electron chi connectivity index (χ4n) is 2.95. The van der Waals surface area contributed by atoms with Gasteiger partial charge in [0, 0.05) is 19.2 Å². The maximum absolute atomic E-state index is 12.3. The molecule has 156 valence electrons. The van der Waals surface area contributed by atoms with Gasteiger partial charge in [0.1, 0.15) is 17.5 Å². The lowest BCUT2D eigenvalue weighted by molar-refractivity contribution is -0.141. The van der Waals surface area contributed by atoms with E-state index in [1.807, 2.05) is 0 Å². The standard InChI is InChI=1S/C19H29N3O6/c1-26-14-4-5-17(27-2)15(12-14)21-18(23)13-16(19(24)25)20-6-3-7-22-8-10-28-11-9-22/h4-5,12,16,20H,3,6-11,13H2,1-2H3,(H,21,23)(H,24,25). The monoisotopic (exact) mass is 395 g/mol. The third-order valence-corrected chi connectivity index (χ3v) is 4.51. The minimum Gasteiger partial charge on any atom is -0.497 e. The molecule has 1 unspecified atom stereocenters. The first-order chi connectivity index (χ1) is 13.5. The molecule has 0 bridgehead atoms. The van der Waals surface area contributed by atoms with Crippen LogP contribution in [0.1, 0.15) is 12.8 Å². The van der Waals surface area contributed by atoms with Gasteiger partial charge in [0.25, 0.3) is 0 Å². The number of nitrogens with zero attached hydrogens (tertiary/aromatic N) is 1. The van der Waals surface area contributed by atoms with Crippen molar-refractivity contribution in [3.05, 3.63) is 18.2 Å². The quantitative estimate of drug-likeness (QED) is 0.472. The third-order valence-electron chi connectivity index (χ3n) is 4.51. The van der Waals surface area contributed by atoms with Gasteiger partial charge in [-0.05, 0) is 31.6 Å². The smallest absolute Gasteiger partial charge is 0.321 e. The van der Waals surface area contributed by atoms with E-state index < -0.39 is 17.9 Å². The Morgan fingerprint density at radius 2 is 2.00 bits per heavy atom. The topological polar surface area (TPSA) is 109 Å². The molecule has 1 aromatic rings. The number of carboxylic acids is 1. The van der Waals surface area contributed by atoms with E-state index in [4.69, 9.17) is 14.2 Å². The second-order valence-electron chi connectivity index (χ2n) is 6.47. The van der Waals surface area contributed by atoms with E-state index in [0.717, 1.165) is 39.3 Å². The highest BCUT2D eigenvalue weighted by Crippen LogP contribution is 2.29. The average Bonchev–Trinajstić information content (AvgIpc) is 2.70. The molecular weight excluding hydrogens is 366 g/mol. The first-order valence-electron chi connectivity index (χ1n) is 9.31. The number of morpholine rings is 1. The Kier molecular flexibility index (Phi) is 8.99. The maximum atomic E-state index is 12.3. The van der Waals surface area contributed by atoms with E-state index in [2.05, 4.69) is 15.5 Å². The van der Waals surface area contributed by atoms with Crippen LogP contribution in [-0.4, -0.2) is 81.5 Å². The molecule has 0 aliphatic carbocycles. The number of carbonyl (C=O) groups excluding carboxylic acids is 1. The molecule has 0 aromatic heterocycles. The van der Waals surface area contributed by atoms with Crippen LogP contribution in [-0.2, 0) is 14.3 Å². The number of carboxylic acid groups (broad SMARTS) is 1. The summed E-state index contributed by atoms with van der Waals surface area (Å²) in [5.74, 6) is -0.439. The Labute approximate surface area is 164 Å². The molecule has 1 fully saturated rings. The van der Waals surface area contributed by atoms with Crippen LogP contribution in [0.2, 0.25) is 0 Å². The van der Waals surface area contributed by atoms with Gasteiger partial charge in [-0.1, -0.05) is 0 Å². The van der Waals surface area contributed by atoms with Gasteiger partial charge in [-0.25, -0.2) is 0 Å². The minimum absolute atomic E-state index is 0.187. The highest BCUT2D eigenvalue weighted by Gasteiger charge is 2.21.